The Morgan fingerprint density at radius 2 is 1.93 bits per heavy atom. The van der Waals surface area contributed by atoms with E-state index in [9.17, 15) is 0 Å². The molecule has 0 saturated heterocycles. The number of hydrogen-bond donors (Lipinski definition) is 1. The average molecular weight is 199 g/mol. The van der Waals surface area contributed by atoms with Gasteiger partial charge in [-0.3, -0.25) is 0 Å². The molecule has 2 heteroatoms. The lowest BCUT2D eigenvalue weighted by atomic mass is 10.3. The number of rotatable bonds is 11. The van der Waals surface area contributed by atoms with Gasteiger partial charge in [0.1, 0.15) is 0 Å². The van der Waals surface area contributed by atoms with Crippen LogP contribution in [0.2, 0.25) is 0 Å². The van der Waals surface area contributed by atoms with Crippen molar-refractivity contribution in [3.8, 4) is 0 Å². The lowest BCUT2D eigenvalue weighted by molar-refractivity contribution is 0.128. The first-order chi connectivity index (χ1) is 6.91. The third kappa shape index (κ3) is 11.7. The van der Waals surface area contributed by atoms with Crippen LogP contribution in [0, 0.1) is 0 Å². The number of nitrogens with one attached hydrogen (secondary N) is 1. The second kappa shape index (κ2) is 12.7. The van der Waals surface area contributed by atoms with Crippen LogP contribution < -0.4 is 5.32 Å². The second-order valence-electron chi connectivity index (χ2n) is 3.50. The molecule has 2 nitrogen and oxygen atoms in total. The van der Waals surface area contributed by atoms with Gasteiger partial charge in [-0.2, -0.15) is 0 Å². The summed E-state index contributed by atoms with van der Waals surface area (Å²) in [6, 6.07) is 0. The number of unbranched alkanes of at least 4 members (excludes halogenated alkanes) is 2. The molecule has 0 aliphatic rings. The Labute approximate surface area is 88.7 Å². The van der Waals surface area contributed by atoms with Crippen molar-refractivity contribution in [3.63, 3.8) is 0 Å². The van der Waals surface area contributed by atoms with Crippen molar-refractivity contribution < 1.29 is 4.74 Å². The highest BCUT2D eigenvalue weighted by molar-refractivity contribution is 4.64. The Morgan fingerprint density at radius 1 is 1.14 bits per heavy atom. The molecule has 0 atom stereocenters. The number of hydrogen-bond acceptors (Lipinski definition) is 2. The lowest BCUT2D eigenvalue weighted by Crippen LogP contribution is -2.16. The maximum absolute atomic E-state index is 5.47. The van der Waals surface area contributed by atoms with Gasteiger partial charge < -0.3 is 10.1 Å². The standard InChI is InChI=1S/C12H25NO/c1-3-5-7-11-14-12-8-6-10-13-9-4-2/h3,13H,1,4-12H2,2H3. The van der Waals surface area contributed by atoms with Crippen LogP contribution in [0.3, 0.4) is 0 Å². The SMILES string of the molecule is C=CCCCOCCCCNCCC. The van der Waals surface area contributed by atoms with E-state index in [1.807, 2.05) is 6.08 Å². The van der Waals surface area contributed by atoms with Crippen LogP contribution in [-0.2, 0) is 4.74 Å². The summed E-state index contributed by atoms with van der Waals surface area (Å²) in [5.41, 5.74) is 0. The topological polar surface area (TPSA) is 21.3 Å². The molecule has 84 valence electrons. The molecule has 0 aromatic carbocycles. The number of ether oxygens (including phenoxy) is 1. The molecule has 0 radical (unpaired) electrons. The highest BCUT2D eigenvalue weighted by Crippen LogP contribution is 1.93. The summed E-state index contributed by atoms with van der Waals surface area (Å²) in [7, 11) is 0. The fraction of sp³-hybridized carbons (Fsp3) is 0.833. The zero-order valence-electron chi connectivity index (χ0n) is 9.56. The summed E-state index contributed by atoms with van der Waals surface area (Å²) in [6.45, 7) is 9.92. The normalized spacial score (nSPS) is 10.4. The van der Waals surface area contributed by atoms with Crippen LogP contribution in [0.4, 0.5) is 0 Å². The van der Waals surface area contributed by atoms with E-state index in [-0.39, 0.29) is 0 Å². The highest BCUT2D eigenvalue weighted by atomic mass is 16.5. The smallest absolute Gasteiger partial charge is 0.0468 e. The summed E-state index contributed by atoms with van der Waals surface area (Å²) in [4.78, 5) is 0. The number of allylic oxidation sites excluding steroid dienone is 1. The molecule has 0 amide bonds. The van der Waals surface area contributed by atoms with Gasteiger partial charge in [-0.15, -0.1) is 6.58 Å². The summed E-state index contributed by atoms with van der Waals surface area (Å²) in [5, 5.41) is 3.38. The van der Waals surface area contributed by atoms with Crippen molar-refractivity contribution in [2.75, 3.05) is 26.3 Å². The molecular weight excluding hydrogens is 174 g/mol. The van der Waals surface area contributed by atoms with E-state index < -0.39 is 0 Å². The van der Waals surface area contributed by atoms with E-state index in [1.54, 1.807) is 0 Å². The Morgan fingerprint density at radius 3 is 2.64 bits per heavy atom. The molecule has 0 aliphatic heterocycles. The molecule has 1 N–H and O–H groups in total. The molecule has 0 unspecified atom stereocenters. The summed E-state index contributed by atoms with van der Waals surface area (Å²) >= 11 is 0. The zero-order valence-corrected chi connectivity index (χ0v) is 9.56. The molecule has 0 bridgehead atoms. The van der Waals surface area contributed by atoms with E-state index >= 15 is 0 Å². The lowest BCUT2D eigenvalue weighted by Gasteiger charge is -2.04. The predicted molar refractivity (Wildman–Crippen MR) is 62.6 cm³/mol. The van der Waals surface area contributed by atoms with Crippen LogP contribution in [-0.4, -0.2) is 26.3 Å². The van der Waals surface area contributed by atoms with Gasteiger partial charge in [-0.1, -0.05) is 13.0 Å². The van der Waals surface area contributed by atoms with Gasteiger partial charge in [0.15, 0.2) is 0 Å². The van der Waals surface area contributed by atoms with Crippen LogP contribution in [0.25, 0.3) is 0 Å². The maximum atomic E-state index is 5.47. The minimum atomic E-state index is 0.883. The molecular formula is C12H25NO. The quantitative estimate of drug-likeness (QED) is 0.408. The van der Waals surface area contributed by atoms with Crippen molar-refractivity contribution in [2.24, 2.45) is 0 Å². The maximum Gasteiger partial charge on any atom is 0.0468 e. The largest absolute Gasteiger partial charge is 0.381 e. The molecule has 0 fully saturated rings. The third-order valence-electron chi connectivity index (χ3n) is 2.02. The average Bonchev–Trinajstić information content (AvgIpc) is 2.21. The summed E-state index contributed by atoms with van der Waals surface area (Å²) in [6.07, 6.45) is 7.73. The molecule has 0 heterocycles. The van der Waals surface area contributed by atoms with E-state index in [1.165, 1.54) is 19.3 Å². The monoisotopic (exact) mass is 199 g/mol. The Bertz CT molecular complexity index is 115. The van der Waals surface area contributed by atoms with Gasteiger partial charge in [0.2, 0.25) is 0 Å². The first-order valence-corrected chi connectivity index (χ1v) is 5.81. The highest BCUT2D eigenvalue weighted by Gasteiger charge is 1.89. The van der Waals surface area contributed by atoms with Crippen molar-refractivity contribution >= 4 is 0 Å². The minimum absolute atomic E-state index is 0.883. The van der Waals surface area contributed by atoms with Crippen LogP contribution >= 0.6 is 0 Å². The molecule has 14 heavy (non-hydrogen) atoms. The van der Waals surface area contributed by atoms with E-state index in [0.717, 1.165) is 39.1 Å². The zero-order chi connectivity index (χ0) is 10.5. The van der Waals surface area contributed by atoms with Gasteiger partial charge in [0.05, 0.1) is 0 Å². The Kier molecular flexibility index (Phi) is 12.4. The van der Waals surface area contributed by atoms with Gasteiger partial charge >= 0.3 is 0 Å². The molecule has 0 rings (SSSR count). The first-order valence-electron chi connectivity index (χ1n) is 5.81. The molecule has 0 aromatic heterocycles. The fourth-order valence-corrected chi connectivity index (χ4v) is 1.19. The van der Waals surface area contributed by atoms with Gasteiger partial charge in [0.25, 0.3) is 0 Å². The van der Waals surface area contributed by atoms with Gasteiger partial charge in [-0.25, -0.2) is 0 Å². The van der Waals surface area contributed by atoms with Crippen molar-refractivity contribution in [2.45, 2.75) is 39.0 Å². The Hall–Kier alpha value is -0.340. The van der Waals surface area contributed by atoms with Gasteiger partial charge in [0, 0.05) is 13.2 Å². The molecule has 0 aromatic rings. The first kappa shape index (κ1) is 13.7. The predicted octanol–water partition coefficient (Wildman–Crippen LogP) is 2.75. The van der Waals surface area contributed by atoms with Crippen LogP contribution in [0.1, 0.15) is 39.0 Å². The van der Waals surface area contributed by atoms with E-state index in [2.05, 4.69) is 18.8 Å². The van der Waals surface area contributed by atoms with Crippen molar-refractivity contribution in [1.29, 1.82) is 0 Å². The van der Waals surface area contributed by atoms with Crippen LogP contribution in [0.15, 0.2) is 12.7 Å². The van der Waals surface area contributed by atoms with Gasteiger partial charge in [-0.05, 0) is 45.2 Å². The van der Waals surface area contributed by atoms with Crippen molar-refractivity contribution in [3.05, 3.63) is 12.7 Å². The fourth-order valence-electron chi connectivity index (χ4n) is 1.19. The Balaban J connectivity index is 2.81. The molecule has 0 aliphatic carbocycles. The van der Waals surface area contributed by atoms with E-state index in [4.69, 9.17) is 4.74 Å². The molecule has 0 spiro atoms. The molecule has 0 saturated carbocycles. The third-order valence-corrected chi connectivity index (χ3v) is 2.02. The van der Waals surface area contributed by atoms with Crippen molar-refractivity contribution in [1.82, 2.24) is 5.32 Å². The minimum Gasteiger partial charge on any atom is -0.381 e. The summed E-state index contributed by atoms with van der Waals surface area (Å²) < 4.78 is 5.47. The van der Waals surface area contributed by atoms with E-state index in [0.29, 0.717) is 0 Å². The van der Waals surface area contributed by atoms with Crippen LogP contribution in [0.5, 0.6) is 0 Å². The second-order valence-corrected chi connectivity index (χ2v) is 3.50. The summed E-state index contributed by atoms with van der Waals surface area (Å²) in [5.74, 6) is 0.